The molecule has 23 heavy (non-hydrogen) atoms. The summed E-state index contributed by atoms with van der Waals surface area (Å²) >= 11 is 2.61. The van der Waals surface area contributed by atoms with Crippen molar-refractivity contribution in [2.45, 2.75) is 27.2 Å². The molecule has 2 aromatic heterocycles. The van der Waals surface area contributed by atoms with Gasteiger partial charge in [0.2, 0.25) is 11.0 Å². The van der Waals surface area contributed by atoms with Gasteiger partial charge in [0.1, 0.15) is 21.6 Å². The molecule has 2 heterocycles. The molecular weight excluding hydrogens is 332 g/mol. The molecule has 1 amide bonds. The number of aromatic nitrogens is 3. The van der Waals surface area contributed by atoms with E-state index in [2.05, 4.69) is 39.8 Å². The third-order valence-corrected chi connectivity index (χ3v) is 4.89. The van der Waals surface area contributed by atoms with E-state index in [4.69, 9.17) is 5.26 Å². The first-order valence-electron chi connectivity index (χ1n) is 7.10. The van der Waals surface area contributed by atoms with Crippen LogP contribution in [0, 0.1) is 24.2 Å². The van der Waals surface area contributed by atoms with Crippen LogP contribution in [0.3, 0.4) is 0 Å². The fraction of sp³-hybridized carbons (Fsp3) is 0.500. The first kappa shape index (κ1) is 17.3. The summed E-state index contributed by atoms with van der Waals surface area (Å²) in [5, 5.41) is 22.1. The predicted octanol–water partition coefficient (Wildman–Crippen LogP) is 2.45. The second kappa shape index (κ2) is 7.48. The van der Waals surface area contributed by atoms with Gasteiger partial charge in [0.05, 0.1) is 12.2 Å². The highest BCUT2D eigenvalue weighted by molar-refractivity contribution is 7.15. The smallest absolute Gasteiger partial charge is 0.245 e. The summed E-state index contributed by atoms with van der Waals surface area (Å²) in [6.07, 6.45) is 0.846. The highest BCUT2D eigenvalue weighted by Crippen LogP contribution is 2.26. The second-order valence-electron chi connectivity index (χ2n) is 5.56. The average molecular weight is 350 g/mol. The second-order valence-corrected chi connectivity index (χ2v) is 7.38. The SMILES string of the molecule is Cc1nsc(N(C)CC(=O)Nc2nnc(CC(C)C)s2)c1C#N. The Morgan fingerprint density at radius 3 is 2.83 bits per heavy atom. The largest absolute Gasteiger partial charge is 0.355 e. The fourth-order valence-corrected chi connectivity index (χ4v) is 3.70. The first-order valence-corrected chi connectivity index (χ1v) is 8.69. The molecule has 0 fully saturated rings. The topological polar surface area (TPSA) is 94.8 Å². The van der Waals surface area contributed by atoms with Crippen LogP contribution in [0.1, 0.15) is 30.1 Å². The predicted molar refractivity (Wildman–Crippen MR) is 91.9 cm³/mol. The van der Waals surface area contributed by atoms with Crippen molar-refractivity contribution in [2.75, 3.05) is 23.8 Å². The summed E-state index contributed by atoms with van der Waals surface area (Å²) in [4.78, 5) is 13.8. The molecular formula is C14H18N6OS2. The Balaban J connectivity index is 1.96. The summed E-state index contributed by atoms with van der Waals surface area (Å²) < 4.78 is 4.16. The first-order chi connectivity index (χ1) is 10.9. The van der Waals surface area contributed by atoms with Gasteiger partial charge in [-0.15, -0.1) is 10.2 Å². The molecule has 0 bridgehead atoms. The van der Waals surface area contributed by atoms with Crippen molar-refractivity contribution in [3.8, 4) is 6.07 Å². The van der Waals surface area contributed by atoms with Gasteiger partial charge in [-0.1, -0.05) is 25.2 Å². The summed E-state index contributed by atoms with van der Waals surface area (Å²) in [5.74, 6) is 0.297. The van der Waals surface area contributed by atoms with Crippen LogP contribution < -0.4 is 10.2 Å². The molecule has 7 nitrogen and oxygen atoms in total. The lowest BCUT2D eigenvalue weighted by molar-refractivity contribution is -0.114. The number of likely N-dealkylation sites (N-methyl/N-ethyl adjacent to an activating group) is 1. The van der Waals surface area contributed by atoms with Crippen LogP contribution in [-0.2, 0) is 11.2 Å². The molecule has 0 aliphatic heterocycles. The van der Waals surface area contributed by atoms with Crippen molar-refractivity contribution in [3.63, 3.8) is 0 Å². The number of nitrogens with one attached hydrogen (secondary N) is 1. The summed E-state index contributed by atoms with van der Waals surface area (Å²) in [7, 11) is 1.76. The number of nitriles is 1. The molecule has 0 aliphatic rings. The van der Waals surface area contributed by atoms with E-state index in [1.807, 2.05) is 0 Å². The van der Waals surface area contributed by atoms with E-state index in [1.54, 1.807) is 18.9 Å². The van der Waals surface area contributed by atoms with Crippen molar-refractivity contribution in [1.29, 1.82) is 5.26 Å². The minimum Gasteiger partial charge on any atom is -0.355 e. The number of aryl methyl sites for hydroxylation is 1. The van der Waals surface area contributed by atoms with E-state index in [0.717, 1.165) is 11.4 Å². The van der Waals surface area contributed by atoms with Crippen molar-refractivity contribution < 1.29 is 4.79 Å². The highest BCUT2D eigenvalue weighted by Gasteiger charge is 2.17. The average Bonchev–Trinajstić information content (AvgIpc) is 3.04. The number of hydrogen-bond acceptors (Lipinski definition) is 8. The number of carbonyl (C=O) groups is 1. The van der Waals surface area contributed by atoms with Gasteiger partial charge < -0.3 is 4.90 Å². The van der Waals surface area contributed by atoms with Gasteiger partial charge in [-0.2, -0.15) is 9.64 Å². The monoisotopic (exact) mass is 350 g/mol. The minimum atomic E-state index is -0.199. The van der Waals surface area contributed by atoms with Crippen LogP contribution in [0.4, 0.5) is 10.1 Å². The Labute approximate surface area is 143 Å². The van der Waals surface area contributed by atoms with E-state index >= 15 is 0 Å². The van der Waals surface area contributed by atoms with Crippen LogP contribution in [0.5, 0.6) is 0 Å². The molecule has 0 saturated heterocycles. The van der Waals surface area contributed by atoms with Crippen LogP contribution >= 0.6 is 22.9 Å². The maximum absolute atomic E-state index is 12.1. The molecule has 0 aromatic carbocycles. The van der Waals surface area contributed by atoms with Gasteiger partial charge in [-0.3, -0.25) is 10.1 Å². The Morgan fingerprint density at radius 1 is 1.43 bits per heavy atom. The summed E-state index contributed by atoms with van der Waals surface area (Å²) in [5.41, 5.74) is 1.20. The molecule has 0 atom stereocenters. The number of anilines is 2. The van der Waals surface area contributed by atoms with Gasteiger partial charge in [-0.05, 0) is 24.4 Å². The van der Waals surface area contributed by atoms with E-state index in [1.165, 1.54) is 22.9 Å². The molecule has 2 aromatic rings. The van der Waals surface area contributed by atoms with Crippen LogP contribution in [-0.4, -0.2) is 34.1 Å². The Bertz CT molecular complexity index is 730. The lowest BCUT2D eigenvalue weighted by atomic mass is 10.1. The molecule has 1 N–H and O–H groups in total. The van der Waals surface area contributed by atoms with Crippen LogP contribution in [0.15, 0.2) is 0 Å². The van der Waals surface area contributed by atoms with Gasteiger partial charge in [0.25, 0.3) is 0 Å². The number of amides is 1. The highest BCUT2D eigenvalue weighted by atomic mass is 32.1. The fourth-order valence-electron chi connectivity index (χ4n) is 1.93. The zero-order valence-corrected chi connectivity index (χ0v) is 15.1. The molecule has 2 rings (SSSR count). The normalized spacial score (nSPS) is 10.6. The van der Waals surface area contributed by atoms with Crippen LogP contribution in [0.25, 0.3) is 0 Å². The van der Waals surface area contributed by atoms with E-state index in [0.29, 0.717) is 27.3 Å². The van der Waals surface area contributed by atoms with Gasteiger partial charge in [0, 0.05) is 13.5 Å². The lowest BCUT2D eigenvalue weighted by Crippen LogP contribution is -2.29. The number of nitrogens with zero attached hydrogens (tertiary/aromatic N) is 5. The Kier molecular flexibility index (Phi) is 5.63. The van der Waals surface area contributed by atoms with Crippen molar-refractivity contribution >= 4 is 38.9 Å². The van der Waals surface area contributed by atoms with E-state index < -0.39 is 0 Å². The van der Waals surface area contributed by atoms with E-state index in [9.17, 15) is 4.79 Å². The molecule has 9 heteroatoms. The zero-order chi connectivity index (χ0) is 17.0. The zero-order valence-electron chi connectivity index (χ0n) is 13.5. The number of rotatable bonds is 6. The maximum atomic E-state index is 12.1. The van der Waals surface area contributed by atoms with Crippen molar-refractivity contribution in [1.82, 2.24) is 14.6 Å². The standard InChI is InChI=1S/C14H18N6OS2/c1-8(2)5-12-17-18-14(22-12)16-11(21)7-20(4)13-10(6-15)9(3)19-23-13/h8H,5,7H2,1-4H3,(H,16,18,21). The minimum absolute atomic E-state index is 0.120. The third kappa shape index (κ3) is 4.46. The number of hydrogen-bond donors (Lipinski definition) is 1. The van der Waals surface area contributed by atoms with Gasteiger partial charge in [0.15, 0.2) is 0 Å². The molecule has 0 saturated carbocycles. The Hall–Kier alpha value is -2.05. The summed E-state index contributed by atoms with van der Waals surface area (Å²) in [6.45, 7) is 6.12. The molecule has 0 aliphatic carbocycles. The van der Waals surface area contributed by atoms with Crippen molar-refractivity contribution in [2.24, 2.45) is 5.92 Å². The summed E-state index contributed by atoms with van der Waals surface area (Å²) in [6, 6.07) is 2.12. The Morgan fingerprint density at radius 2 is 2.17 bits per heavy atom. The van der Waals surface area contributed by atoms with E-state index in [-0.39, 0.29) is 12.5 Å². The van der Waals surface area contributed by atoms with Gasteiger partial charge >= 0.3 is 0 Å². The van der Waals surface area contributed by atoms with Crippen LogP contribution in [0.2, 0.25) is 0 Å². The third-order valence-electron chi connectivity index (χ3n) is 2.98. The molecule has 0 spiro atoms. The lowest BCUT2D eigenvalue weighted by Gasteiger charge is -2.15. The van der Waals surface area contributed by atoms with Crippen molar-refractivity contribution in [3.05, 3.63) is 16.3 Å². The molecule has 0 radical (unpaired) electrons. The molecule has 122 valence electrons. The maximum Gasteiger partial charge on any atom is 0.245 e. The molecule has 0 unspecified atom stereocenters. The quantitative estimate of drug-likeness (QED) is 0.860. The van der Waals surface area contributed by atoms with Gasteiger partial charge in [-0.25, -0.2) is 0 Å². The number of carbonyl (C=O) groups excluding carboxylic acids is 1.